The van der Waals surface area contributed by atoms with Crippen LogP contribution in [0.5, 0.6) is 0 Å². The fourth-order valence-electron chi connectivity index (χ4n) is 2.72. The van der Waals surface area contributed by atoms with Gasteiger partial charge in [0.25, 0.3) is 0 Å². The SMILES string of the molecule is O=C(O)c1cc(F)ccc1C=NN(c1nc(-c2cccc(Cl)c2)cs1)C1CC1. The first-order valence-corrected chi connectivity index (χ1v) is 9.84. The number of hydrazone groups is 1. The van der Waals surface area contributed by atoms with Crippen LogP contribution in [-0.2, 0) is 0 Å². The molecule has 28 heavy (non-hydrogen) atoms. The van der Waals surface area contributed by atoms with Gasteiger partial charge in [0.1, 0.15) is 5.82 Å². The molecule has 0 amide bonds. The molecule has 1 aromatic heterocycles. The molecule has 0 radical (unpaired) electrons. The summed E-state index contributed by atoms with van der Waals surface area (Å²) < 4.78 is 13.4. The Balaban J connectivity index is 1.63. The fourth-order valence-corrected chi connectivity index (χ4v) is 3.77. The highest BCUT2D eigenvalue weighted by molar-refractivity contribution is 7.14. The Labute approximate surface area is 169 Å². The number of anilines is 1. The third-order valence-corrected chi connectivity index (χ3v) is 5.33. The van der Waals surface area contributed by atoms with Crippen molar-refractivity contribution in [1.82, 2.24) is 4.98 Å². The number of halogens is 2. The lowest BCUT2D eigenvalue weighted by molar-refractivity contribution is 0.0696. The molecule has 1 aliphatic rings. The largest absolute Gasteiger partial charge is 0.478 e. The van der Waals surface area contributed by atoms with Crippen molar-refractivity contribution in [2.75, 3.05) is 5.01 Å². The van der Waals surface area contributed by atoms with E-state index in [0.717, 1.165) is 30.2 Å². The van der Waals surface area contributed by atoms with Crippen molar-refractivity contribution in [3.63, 3.8) is 0 Å². The minimum absolute atomic E-state index is 0.127. The van der Waals surface area contributed by atoms with Crippen LogP contribution in [-0.4, -0.2) is 28.3 Å². The maximum absolute atomic E-state index is 13.4. The molecular weight excluding hydrogens is 401 g/mol. The average Bonchev–Trinajstić information content (AvgIpc) is 3.39. The average molecular weight is 416 g/mol. The highest BCUT2D eigenvalue weighted by Crippen LogP contribution is 2.36. The Morgan fingerprint density at radius 2 is 2.14 bits per heavy atom. The maximum Gasteiger partial charge on any atom is 0.336 e. The van der Waals surface area contributed by atoms with Gasteiger partial charge >= 0.3 is 5.97 Å². The summed E-state index contributed by atoms with van der Waals surface area (Å²) in [5, 5.41) is 18.8. The van der Waals surface area contributed by atoms with Gasteiger partial charge in [-0.2, -0.15) is 5.10 Å². The van der Waals surface area contributed by atoms with E-state index in [1.165, 1.54) is 29.7 Å². The number of hydrogen-bond donors (Lipinski definition) is 1. The molecule has 0 unspecified atom stereocenters. The zero-order valence-electron chi connectivity index (χ0n) is 14.5. The van der Waals surface area contributed by atoms with Crippen molar-refractivity contribution in [1.29, 1.82) is 0 Å². The second-order valence-corrected chi connectivity index (χ2v) is 7.66. The third-order valence-electron chi connectivity index (χ3n) is 4.27. The highest BCUT2D eigenvalue weighted by Gasteiger charge is 2.31. The van der Waals surface area contributed by atoms with Gasteiger partial charge in [-0.25, -0.2) is 19.2 Å². The number of carboxylic acid groups (broad SMARTS) is 1. The standard InChI is InChI=1S/C20H15ClFN3O2S/c21-14-3-1-2-12(8-14)18-11-28-20(24-18)25(16-6-7-16)23-10-13-4-5-15(22)9-17(13)19(26)27/h1-5,8-11,16H,6-7H2,(H,26,27). The molecule has 5 nitrogen and oxygen atoms in total. The first-order chi connectivity index (χ1) is 13.5. The lowest BCUT2D eigenvalue weighted by Crippen LogP contribution is -2.19. The molecule has 0 saturated heterocycles. The fraction of sp³-hybridized carbons (Fsp3) is 0.150. The van der Waals surface area contributed by atoms with E-state index in [1.807, 2.05) is 29.6 Å². The maximum atomic E-state index is 13.4. The summed E-state index contributed by atoms with van der Waals surface area (Å²) in [6, 6.07) is 11.3. The first-order valence-electron chi connectivity index (χ1n) is 8.59. The molecule has 8 heteroatoms. The molecule has 0 atom stereocenters. The van der Waals surface area contributed by atoms with Crippen molar-refractivity contribution in [3.8, 4) is 11.3 Å². The van der Waals surface area contributed by atoms with Gasteiger partial charge in [-0.3, -0.25) is 0 Å². The number of carboxylic acids is 1. The van der Waals surface area contributed by atoms with Gasteiger partial charge in [-0.1, -0.05) is 23.7 Å². The van der Waals surface area contributed by atoms with Gasteiger partial charge in [-0.05, 0) is 43.2 Å². The number of nitrogens with zero attached hydrogens (tertiary/aromatic N) is 3. The monoisotopic (exact) mass is 415 g/mol. The summed E-state index contributed by atoms with van der Waals surface area (Å²) >= 11 is 7.52. The van der Waals surface area contributed by atoms with E-state index in [4.69, 9.17) is 11.6 Å². The van der Waals surface area contributed by atoms with Crippen LogP contribution in [0.2, 0.25) is 5.02 Å². The van der Waals surface area contributed by atoms with Gasteiger partial charge in [0.15, 0.2) is 0 Å². The molecule has 0 bridgehead atoms. The van der Waals surface area contributed by atoms with Crippen molar-refractivity contribution >= 4 is 40.3 Å². The number of hydrogen-bond acceptors (Lipinski definition) is 5. The number of aromatic carboxylic acids is 1. The molecule has 2 aromatic carbocycles. The molecule has 142 valence electrons. The Morgan fingerprint density at radius 3 is 2.86 bits per heavy atom. The quantitative estimate of drug-likeness (QED) is 0.438. The van der Waals surface area contributed by atoms with Crippen LogP contribution in [0, 0.1) is 5.82 Å². The first kappa shape index (κ1) is 18.6. The van der Waals surface area contributed by atoms with Crippen molar-refractivity contribution in [3.05, 3.63) is 69.8 Å². The van der Waals surface area contributed by atoms with E-state index in [-0.39, 0.29) is 11.6 Å². The van der Waals surface area contributed by atoms with Crippen molar-refractivity contribution in [2.24, 2.45) is 5.10 Å². The summed E-state index contributed by atoms with van der Waals surface area (Å²) in [7, 11) is 0. The topological polar surface area (TPSA) is 65.8 Å². The molecule has 1 N–H and O–H groups in total. The summed E-state index contributed by atoms with van der Waals surface area (Å²) in [5.74, 6) is -1.80. The van der Waals surface area contributed by atoms with E-state index >= 15 is 0 Å². The number of benzene rings is 2. The van der Waals surface area contributed by atoms with Crippen LogP contribution in [0.15, 0.2) is 52.9 Å². The van der Waals surface area contributed by atoms with Crippen LogP contribution in [0.25, 0.3) is 11.3 Å². The van der Waals surface area contributed by atoms with E-state index in [0.29, 0.717) is 15.7 Å². The second kappa shape index (κ2) is 7.69. The summed E-state index contributed by atoms with van der Waals surface area (Å²) in [4.78, 5) is 16.0. The van der Waals surface area contributed by atoms with E-state index in [2.05, 4.69) is 10.1 Å². The van der Waals surface area contributed by atoms with Crippen LogP contribution in [0.3, 0.4) is 0 Å². The van der Waals surface area contributed by atoms with Gasteiger partial charge in [0.05, 0.1) is 23.5 Å². The minimum atomic E-state index is -1.20. The molecule has 3 aromatic rings. The predicted octanol–water partition coefficient (Wildman–Crippen LogP) is 5.30. The Hall–Kier alpha value is -2.77. The van der Waals surface area contributed by atoms with Gasteiger partial charge in [-0.15, -0.1) is 11.3 Å². The van der Waals surface area contributed by atoms with Crippen LogP contribution in [0.4, 0.5) is 9.52 Å². The Kier molecular flexibility index (Phi) is 5.11. The van der Waals surface area contributed by atoms with E-state index in [1.54, 1.807) is 5.01 Å². The molecule has 1 aliphatic carbocycles. The van der Waals surface area contributed by atoms with E-state index < -0.39 is 11.8 Å². The van der Waals surface area contributed by atoms with Crippen molar-refractivity contribution in [2.45, 2.75) is 18.9 Å². The lowest BCUT2D eigenvalue weighted by Gasteiger charge is -2.14. The Morgan fingerprint density at radius 1 is 1.32 bits per heavy atom. The van der Waals surface area contributed by atoms with E-state index in [9.17, 15) is 14.3 Å². The third kappa shape index (κ3) is 4.05. The second-order valence-electron chi connectivity index (χ2n) is 6.38. The smallest absolute Gasteiger partial charge is 0.336 e. The molecule has 0 aliphatic heterocycles. The molecule has 4 rings (SSSR count). The zero-order chi connectivity index (χ0) is 19.7. The summed E-state index contributed by atoms with van der Waals surface area (Å²) in [6.07, 6.45) is 3.42. The van der Waals surface area contributed by atoms with Gasteiger partial charge in [0, 0.05) is 21.5 Å². The van der Waals surface area contributed by atoms with Crippen molar-refractivity contribution < 1.29 is 14.3 Å². The molecule has 0 spiro atoms. The Bertz CT molecular complexity index is 1070. The summed E-state index contributed by atoms with van der Waals surface area (Å²) in [6.45, 7) is 0. The van der Waals surface area contributed by atoms with Crippen LogP contribution >= 0.6 is 22.9 Å². The predicted molar refractivity (Wildman–Crippen MR) is 109 cm³/mol. The number of rotatable bonds is 6. The number of aromatic nitrogens is 1. The minimum Gasteiger partial charge on any atom is -0.478 e. The molecule has 1 saturated carbocycles. The zero-order valence-corrected chi connectivity index (χ0v) is 16.1. The van der Waals surface area contributed by atoms with Gasteiger partial charge < -0.3 is 5.11 Å². The van der Waals surface area contributed by atoms with Crippen LogP contribution in [0.1, 0.15) is 28.8 Å². The highest BCUT2D eigenvalue weighted by atomic mass is 35.5. The van der Waals surface area contributed by atoms with Gasteiger partial charge in [0.2, 0.25) is 5.13 Å². The lowest BCUT2D eigenvalue weighted by atomic mass is 10.1. The summed E-state index contributed by atoms with van der Waals surface area (Å²) in [5.41, 5.74) is 1.93. The van der Waals surface area contributed by atoms with Crippen LogP contribution < -0.4 is 5.01 Å². The number of carbonyl (C=O) groups is 1. The molecular formula is C20H15ClFN3O2S. The normalized spacial score (nSPS) is 13.8. The molecule has 1 fully saturated rings. The molecule has 1 heterocycles. The number of thiazole rings is 1.